The van der Waals surface area contributed by atoms with Gasteiger partial charge in [0.2, 0.25) is 0 Å². The molecule has 1 amide bonds. The molecule has 1 aromatic carbocycles. The smallest absolute Gasteiger partial charge is 0.251 e. The molecule has 3 N–H and O–H groups in total. The maximum absolute atomic E-state index is 12.1. The summed E-state index contributed by atoms with van der Waals surface area (Å²) in [6.45, 7) is 4.69. The quantitative estimate of drug-likeness (QED) is 0.637. The normalized spacial score (nSPS) is 28.0. The number of carbonyl (C=O) groups is 1. The molecule has 0 radical (unpaired) electrons. The van der Waals surface area contributed by atoms with E-state index in [0.29, 0.717) is 18.3 Å². The number of nitrogens with one attached hydrogen (secondary N) is 1. The number of hydrogen-bond acceptors (Lipinski definition) is 6. The third-order valence-electron chi connectivity index (χ3n) is 7.35. The van der Waals surface area contributed by atoms with E-state index in [4.69, 9.17) is 15.2 Å². The summed E-state index contributed by atoms with van der Waals surface area (Å²) in [5, 5.41) is 3.78. The Bertz CT molecular complexity index is 1240. The van der Waals surface area contributed by atoms with E-state index in [9.17, 15) is 4.79 Å². The highest BCUT2D eigenvalue weighted by Gasteiger charge is 2.54. The van der Waals surface area contributed by atoms with Gasteiger partial charge in [0.05, 0.1) is 17.5 Å². The fourth-order valence-electron chi connectivity index (χ4n) is 5.86. The summed E-state index contributed by atoms with van der Waals surface area (Å²) in [4.78, 5) is 20.7. The van der Waals surface area contributed by atoms with Gasteiger partial charge in [-0.2, -0.15) is 0 Å². The predicted molar refractivity (Wildman–Crippen MR) is 124 cm³/mol. The number of amides is 1. The largest absolute Gasteiger partial charge is 0.383 e. The highest BCUT2D eigenvalue weighted by Crippen LogP contribution is 2.49. The number of nitrogens with two attached hydrogens (primary N) is 1. The van der Waals surface area contributed by atoms with Crippen LogP contribution in [0, 0.1) is 5.92 Å². The molecule has 4 heterocycles. The monoisotopic (exact) mass is 447 g/mol. The van der Waals surface area contributed by atoms with Crippen molar-refractivity contribution in [1.82, 2.24) is 19.9 Å². The number of nitrogen functional groups attached to an aromatic ring is 1. The maximum atomic E-state index is 12.1. The second-order valence-electron chi connectivity index (χ2n) is 9.88. The minimum Gasteiger partial charge on any atom is -0.383 e. The van der Waals surface area contributed by atoms with E-state index >= 15 is 0 Å². The molecule has 0 bridgehead atoms. The second-order valence-corrected chi connectivity index (χ2v) is 9.88. The number of hydrogen-bond donors (Lipinski definition) is 2. The second kappa shape index (κ2) is 7.53. The van der Waals surface area contributed by atoms with E-state index in [2.05, 4.69) is 32.0 Å². The average molecular weight is 448 g/mol. The lowest BCUT2D eigenvalue weighted by molar-refractivity contribution is -0.160. The first-order valence-corrected chi connectivity index (χ1v) is 11.7. The van der Waals surface area contributed by atoms with Crippen LogP contribution in [0.5, 0.6) is 0 Å². The zero-order valence-corrected chi connectivity index (χ0v) is 19.0. The van der Waals surface area contributed by atoms with Crippen LogP contribution < -0.4 is 11.1 Å². The number of nitrogens with zero attached hydrogens (tertiary/aromatic N) is 3. The number of aromatic nitrogens is 3. The molecule has 4 atom stereocenters. The molecule has 0 unspecified atom stereocenters. The van der Waals surface area contributed by atoms with Crippen molar-refractivity contribution in [3.63, 3.8) is 0 Å². The van der Waals surface area contributed by atoms with Crippen LogP contribution in [-0.4, -0.2) is 45.0 Å². The molecule has 2 aliphatic heterocycles. The number of anilines is 1. The Balaban J connectivity index is 1.25. The van der Waals surface area contributed by atoms with Crippen LogP contribution in [-0.2, 0) is 22.3 Å². The minimum absolute atomic E-state index is 0.0324. The number of fused-ring (bicyclic) bond motifs is 3. The lowest BCUT2D eigenvalue weighted by Crippen LogP contribution is -2.31. The third kappa shape index (κ3) is 3.48. The van der Waals surface area contributed by atoms with Crippen LogP contribution in [0.25, 0.3) is 11.0 Å². The first-order valence-electron chi connectivity index (χ1n) is 11.7. The van der Waals surface area contributed by atoms with Gasteiger partial charge in [-0.05, 0) is 68.7 Å². The number of carbonyl (C=O) groups excluding carboxylic acids is 1. The van der Waals surface area contributed by atoms with Gasteiger partial charge in [-0.3, -0.25) is 4.79 Å². The van der Waals surface area contributed by atoms with Crippen LogP contribution in [0.2, 0.25) is 0 Å². The van der Waals surface area contributed by atoms with Crippen molar-refractivity contribution in [1.29, 1.82) is 0 Å². The van der Waals surface area contributed by atoms with E-state index in [1.54, 1.807) is 0 Å². The van der Waals surface area contributed by atoms with Gasteiger partial charge in [-0.1, -0.05) is 12.1 Å². The summed E-state index contributed by atoms with van der Waals surface area (Å²) in [6.07, 6.45) is 7.34. The van der Waals surface area contributed by atoms with Gasteiger partial charge in [0.25, 0.3) is 5.91 Å². The summed E-state index contributed by atoms with van der Waals surface area (Å²) in [5.41, 5.74) is 10.1. The first kappa shape index (κ1) is 20.6. The van der Waals surface area contributed by atoms with Gasteiger partial charge in [-0.25, -0.2) is 9.97 Å². The highest BCUT2D eigenvalue weighted by atomic mass is 16.8. The molecule has 1 saturated heterocycles. The summed E-state index contributed by atoms with van der Waals surface area (Å²) < 4.78 is 15.0. The molecular formula is C25H29N5O3. The van der Waals surface area contributed by atoms with Crippen molar-refractivity contribution in [2.75, 3.05) is 12.3 Å². The fraction of sp³-hybridized carbons (Fsp3) is 0.480. The van der Waals surface area contributed by atoms with E-state index in [-0.39, 0.29) is 24.2 Å². The third-order valence-corrected chi connectivity index (χ3v) is 7.35. The molecule has 8 nitrogen and oxygen atoms in total. The van der Waals surface area contributed by atoms with Crippen LogP contribution in [0.4, 0.5) is 5.82 Å². The van der Waals surface area contributed by atoms with E-state index < -0.39 is 5.79 Å². The Morgan fingerprint density at radius 2 is 2.06 bits per heavy atom. The molecule has 2 fully saturated rings. The molecule has 33 heavy (non-hydrogen) atoms. The molecule has 2 aromatic heterocycles. The zero-order valence-electron chi connectivity index (χ0n) is 19.0. The van der Waals surface area contributed by atoms with Crippen LogP contribution in [0.1, 0.15) is 54.2 Å². The Labute approximate surface area is 192 Å². The Morgan fingerprint density at radius 1 is 1.21 bits per heavy atom. The first-order chi connectivity index (χ1) is 15.9. The Morgan fingerprint density at radius 3 is 2.94 bits per heavy atom. The van der Waals surface area contributed by atoms with Crippen LogP contribution >= 0.6 is 0 Å². The minimum atomic E-state index is -0.609. The maximum Gasteiger partial charge on any atom is 0.251 e. The molecule has 3 aliphatic rings. The van der Waals surface area contributed by atoms with Crippen molar-refractivity contribution < 1.29 is 14.3 Å². The van der Waals surface area contributed by atoms with Gasteiger partial charge in [0.1, 0.15) is 23.9 Å². The number of benzene rings is 1. The molecule has 3 aromatic rings. The lowest BCUT2D eigenvalue weighted by Gasteiger charge is -2.24. The average Bonchev–Trinajstić information content (AvgIpc) is 3.44. The number of ether oxygens (including phenoxy) is 2. The summed E-state index contributed by atoms with van der Waals surface area (Å²) in [6, 6.07) is 8.36. The topological polar surface area (TPSA) is 104 Å². The van der Waals surface area contributed by atoms with E-state index in [1.165, 1.54) is 11.9 Å². The number of rotatable bonds is 4. The molecule has 1 aliphatic carbocycles. The van der Waals surface area contributed by atoms with Gasteiger partial charge in [-0.15, -0.1) is 0 Å². The zero-order chi connectivity index (χ0) is 22.7. The van der Waals surface area contributed by atoms with Crippen LogP contribution in [0.15, 0.2) is 36.8 Å². The van der Waals surface area contributed by atoms with Crippen molar-refractivity contribution in [2.24, 2.45) is 5.92 Å². The van der Waals surface area contributed by atoms with Crippen molar-refractivity contribution >= 4 is 22.8 Å². The van der Waals surface area contributed by atoms with Gasteiger partial charge in [0, 0.05) is 18.3 Å². The Hall–Kier alpha value is -2.97. The SMILES string of the molecule is CC1(C)O[C@@H]2[C@@H](CCc3ccc4c(c3)CCNC4=O)C[C@@H](n3ccc4c(N)ncnc43)[C@@H]2O1. The molecule has 0 spiro atoms. The van der Waals surface area contributed by atoms with Gasteiger partial charge >= 0.3 is 0 Å². The van der Waals surface area contributed by atoms with E-state index in [1.807, 2.05) is 32.2 Å². The standard InChI is InChI=1S/C25H29N5O3/c1-25(2)32-20-16(5-3-14-4-6-17-15(11-14)7-9-27-24(17)31)12-19(21(20)33-25)30-10-8-18-22(26)28-13-29-23(18)30/h4,6,8,10-11,13,16,19-21H,3,5,7,9,12H2,1-2H3,(H,27,31)(H2,26,28,29)/t16-,19+,20+,21-/m0/s1. The Kier molecular flexibility index (Phi) is 4.71. The molecule has 8 heteroatoms. The lowest BCUT2D eigenvalue weighted by atomic mass is 9.92. The fourth-order valence-corrected chi connectivity index (χ4v) is 5.86. The van der Waals surface area contributed by atoms with Crippen molar-refractivity contribution in [3.05, 3.63) is 53.5 Å². The van der Waals surface area contributed by atoms with Gasteiger partial charge in [0.15, 0.2) is 5.79 Å². The highest BCUT2D eigenvalue weighted by molar-refractivity contribution is 5.96. The number of aryl methyl sites for hydroxylation is 1. The van der Waals surface area contributed by atoms with E-state index in [0.717, 1.165) is 47.8 Å². The predicted octanol–water partition coefficient (Wildman–Crippen LogP) is 3.01. The van der Waals surface area contributed by atoms with Crippen LogP contribution in [0.3, 0.4) is 0 Å². The van der Waals surface area contributed by atoms with Crippen molar-refractivity contribution in [2.45, 2.75) is 63.6 Å². The van der Waals surface area contributed by atoms with Crippen molar-refractivity contribution in [3.8, 4) is 0 Å². The molecule has 1 saturated carbocycles. The molecular weight excluding hydrogens is 418 g/mol. The summed E-state index contributed by atoms with van der Waals surface area (Å²) >= 11 is 0. The summed E-state index contributed by atoms with van der Waals surface area (Å²) in [5.74, 6) is 0.279. The van der Waals surface area contributed by atoms with Gasteiger partial charge < -0.3 is 25.1 Å². The summed E-state index contributed by atoms with van der Waals surface area (Å²) in [7, 11) is 0. The molecule has 6 rings (SSSR count). The molecule has 172 valence electrons.